The van der Waals surface area contributed by atoms with Crippen molar-refractivity contribution in [2.75, 3.05) is 19.6 Å². The second kappa shape index (κ2) is 8.16. The number of hydrogen-bond acceptors (Lipinski definition) is 3. The number of hydrogen-bond donors (Lipinski definition) is 1. The van der Waals surface area contributed by atoms with E-state index in [1.807, 2.05) is 48.5 Å². The lowest BCUT2D eigenvalue weighted by Gasteiger charge is -2.39. The van der Waals surface area contributed by atoms with Crippen molar-refractivity contribution in [3.8, 4) is 17.2 Å². The number of nitrogens with zero attached hydrogens (tertiary/aromatic N) is 2. The Labute approximate surface area is 167 Å². The standard InChI is InChI=1S/C24H27N3O/c25-17-19-8-10-20(11-9-19)21-6-5-7-22(16-21)23(28)26-18-24(12-1-2-13-24)27-14-3-4-15-27/h5-11,16H,1-4,12-15,18H2,(H,26,28). The molecule has 1 N–H and O–H groups in total. The molecule has 28 heavy (non-hydrogen) atoms. The Morgan fingerprint density at radius 3 is 2.39 bits per heavy atom. The maximum absolute atomic E-state index is 12.9. The SMILES string of the molecule is N#Cc1ccc(-c2cccc(C(=O)NCC3(N4CCCC4)CCCC3)c2)cc1. The average Bonchev–Trinajstić information content (AvgIpc) is 3.45. The maximum Gasteiger partial charge on any atom is 0.251 e. The lowest BCUT2D eigenvalue weighted by molar-refractivity contribution is 0.0860. The highest BCUT2D eigenvalue weighted by Gasteiger charge is 2.40. The predicted octanol–water partition coefficient (Wildman–Crippen LogP) is 4.36. The molecule has 2 aliphatic rings. The van der Waals surface area contributed by atoms with Crippen LogP contribution in [-0.4, -0.2) is 36.0 Å². The topological polar surface area (TPSA) is 56.1 Å². The van der Waals surface area contributed by atoms with Crippen LogP contribution in [0.4, 0.5) is 0 Å². The van der Waals surface area contributed by atoms with Crippen LogP contribution >= 0.6 is 0 Å². The minimum Gasteiger partial charge on any atom is -0.350 e. The summed E-state index contributed by atoms with van der Waals surface area (Å²) in [6, 6.07) is 17.3. The van der Waals surface area contributed by atoms with Gasteiger partial charge in [-0.1, -0.05) is 37.1 Å². The second-order valence-corrected chi connectivity index (χ2v) is 8.08. The van der Waals surface area contributed by atoms with E-state index in [2.05, 4.69) is 16.3 Å². The van der Waals surface area contributed by atoms with Crippen molar-refractivity contribution < 1.29 is 4.79 Å². The number of likely N-dealkylation sites (tertiary alicyclic amines) is 1. The molecule has 144 valence electrons. The Bertz CT molecular complexity index is 869. The van der Waals surface area contributed by atoms with E-state index in [-0.39, 0.29) is 11.4 Å². The van der Waals surface area contributed by atoms with E-state index in [9.17, 15) is 4.79 Å². The molecule has 2 fully saturated rings. The first kappa shape index (κ1) is 18.7. The molecule has 1 amide bonds. The number of rotatable bonds is 5. The molecule has 0 bridgehead atoms. The molecule has 1 aliphatic carbocycles. The number of carbonyl (C=O) groups is 1. The molecular formula is C24H27N3O. The normalized spacial score (nSPS) is 18.7. The van der Waals surface area contributed by atoms with Gasteiger partial charge < -0.3 is 5.32 Å². The molecule has 4 rings (SSSR count). The van der Waals surface area contributed by atoms with Crippen LogP contribution in [0.25, 0.3) is 11.1 Å². The van der Waals surface area contributed by atoms with Crippen molar-refractivity contribution in [2.45, 2.75) is 44.1 Å². The van der Waals surface area contributed by atoms with Gasteiger partial charge in [-0.15, -0.1) is 0 Å². The fourth-order valence-electron chi connectivity index (χ4n) is 4.75. The van der Waals surface area contributed by atoms with Crippen LogP contribution in [0.1, 0.15) is 54.4 Å². The summed E-state index contributed by atoms with van der Waals surface area (Å²) in [6.07, 6.45) is 7.48. The third kappa shape index (κ3) is 3.81. The minimum atomic E-state index is 0.000895. The molecule has 1 saturated carbocycles. The van der Waals surface area contributed by atoms with Gasteiger partial charge >= 0.3 is 0 Å². The smallest absolute Gasteiger partial charge is 0.251 e. The van der Waals surface area contributed by atoms with Gasteiger partial charge in [-0.25, -0.2) is 0 Å². The van der Waals surface area contributed by atoms with Crippen molar-refractivity contribution in [1.82, 2.24) is 10.2 Å². The van der Waals surface area contributed by atoms with E-state index in [4.69, 9.17) is 5.26 Å². The zero-order chi connectivity index (χ0) is 19.4. The summed E-state index contributed by atoms with van der Waals surface area (Å²) in [5.41, 5.74) is 3.50. The monoisotopic (exact) mass is 373 g/mol. The van der Waals surface area contributed by atoms with E-state index in [0.29, 0.717) is 11.1 Å². The fraction of sp³-hybridized carbons (Fsp3) is 0.417. The zero-order valence-electron chi connectivity index (χ0n) is 16.3. The van der Waals surface area contributed by atoms with Crippen molar-refractivity contribution in [3.05, 3.63) is 59.7 Å². The number of carbonyl (C=O) groups excluding carboxylic acids is 1. The molecule has 0 atom stereocenters. The van der Waals surface area contributed by atoms with E-state index < -0.39 is 0 Å². The summed E-state index contributed by atoms with van der Waals surface area (Å²) < 4.78 is 0. The number of nitrogens with one attached hydrogen (secondary N) is 1. The molecule has 4 heteroatoms. The number of amides is 1. The number of nitriles is 1. The maximum atomic E-state index is 12.9. The Morgan fingerprint density at radius 1 is 1.00 bits per heavy atom. The molecule has 0 radical (unpaired) electrons. The molecule has 0 aromatic heterocycles. The molecule has 4 nitrogen and oxygen atoms in total. The Balaban J connectivity index is 1.46. The van der Waals surface area contributed by atoms with Crippen LogP contribution < -0.4 is 5.32 Å². The summed E-state index contributed by atoms with van der Waals surface area (Å²) in [5.74, 6) is 0.000895. The lowest BCUT2D eigenvalue weighted by atomic mass is 9.95. The summed E-state index contributed by atoms with van der Waals surface area (Å²) in [5, 5.41) is 12.2. The molecule has 1 aliphatic heterocycles. The lowest BCUT2D eigenvalue weighted by Crippen LogP contribution is -2.53. The van der Waals surface area contributed by atoms with Gasteiger partial charge in [0.05, 0.1) is 11.6 Å². The van der Waals surface area contributed by atoms with Crippen molar-refractivity contribution in [1.29, 1.82) is 5.26 Å². The summed E-state index contributed by atoms with van der Waals surface area (Å²) in [4.78, 5) is 15.5. The molecule has 2 aromatic rings. The summed E-state index contributed by atoms with van der Waals surface area (Å²) >= 11 is 0. The van der Waals surface area contributed by atoms with Crippen LogP contribution in [0, 0.1) is 11.3 Å². The summed E-state index contributed by atoms with van der Waals surface area (Å²) in [6.45, 7) is 3.08. The van der Waals surface area contributed by atoms with Crippen LogP contribution in [0.15, 0.2) is 48.5 Å². The highest BCUT2D eigenvalue weighted by Crippen LogP contribution is 2.37. The number of benzene rings is 2. The molecule has 0 spiro atoms. The van der Waals surface area contributed by atoms with Crippen LogP contribution in [0.5, 0.6) is 0 Å². The third-order valence-electron chi connectivity index (χ3n) is 6.36. The van der Waals surface area contributed by atoms with Crippen molar-refractivity contribution >= 4 is 5.91 Å². The van der Waals surface area contributed by atoms with E-state index >= 15 is 0 Å². The first-order valence-corrected chi connectivity index (χ1v) is 10.3. The average molecular weight is 374 g/mol. The highest BCUT2D eigenvalue weighted by atomic mass is 16.1. The first-order valence-electron chi connectivity index (χ1n) is 10.3. The fourth-order valence-corrected chi connectivity index (χ4v) is 4.75. The van der Waals surface area contributed by atoms with Crippen molar-refractivity contribution in [2.24, 2.45) is 0 Å². The second-order valence-electron chi connectivity index (χ2n) is 8.08. The van der Waals surface area contributed by atoms with Gasteiger partial charge in [0.2, 0.25) is 0 Å². The Hall–Kier alpha value is -2.64. The van der Waals surface area contributed by atoms with Gasteiger partial charge in [0, 0.05) is 17.6 Å². The van der Waals surface area contributed by atoms with Crippen LogP contribution in [0.2, 0.25) is 0 Å². The minimum absolute atomic E-state index is 0.000895. The first-order chi connectivity index (χ1) is 13.7. The van der Waals surface area contributed by atoms with Gasteiger partial charge in [0.15, 0.2) is 0 Å². The summed E-state index contributed by atoms with van der Waals surface area (Å²) in [7, 11) is 0. The quantitative estimate of drug-likeness (QED) is 0.847. The van der Waals surface area contributed by atoms with Crippen LogP contribution in [0.3, 0.4) is 0 Å². The molecule has 2 aromatic carbocycles. The Morgan fingerprint density at radius 2 is 1.71 bits per heavy atom. The van der Waals surface area contributed by atoms with E-state index in [1.54, 1.807) is 0 Å². The van der Waals surface area contributed by atoms with Gasteiger partial charge in [-0.2, -0.15) is 5.26 Å². The predicted molar refractivity (Wildman–Crippen MR) is 111 cm³/mol. The zero-order valence-corrected chi connectivity index (χ0v) is 16.3. The van der Waals surface area contributed by atoms with Gasteiger partial charge in [0.1, 0.15) is 0 Å². The van der Waals surface area contributed by atoms with Gasteiger partial charge in [-0.3, -0.25) is 9.69 Å². The Kier molecular flexibility index (Phi) is 5.45. The van der Waals surface area contributed by atoms with Crippen molar-refractivity contribution in [3.63, 3.8) is 0 Å². The van der Waals surface area contributed by atoms with Crippen LogP contribution in [-0.2, 0) is 0 Å². The highest BCUT2D eigenvalue weighted by molar-refractivity contribution is 5.95. The third-order valence-corrected chi connectivity index (χ3v) is 6.36. The largest absolute Gasteiger partial charge is 0.350 e. The van der Waals surface area contributed by atoms with E-state index in [0.717, 1.165) is 17.7 Å². The van der Waals surface area contributed by atoms with E-state index in [1.165, 1.54) is 51.6 Å². The van der Waals surface area contributed by atoms with Gasteiger partial charge in [-0.05, 0) is 74.2 Å². The van der Waals surface area contributed by atoms with Gasteiger partial charge in [0.25, 0.3) is 5.91 Å². The molecule has 0 unspecified atom stereocenters. The molecule has 1 heterocycles. The molecule has 1 saturated heterocycles. The molecular weight excluding hydrogens is 346 g/mol.